The van der Waals surface area contributed by atoms with Crippen molar-refractivity contribution < 1.29 is 13.2 Å². The first-order chi connectivity index (χ1) is 8.54. The molecule has 0 aliphatic heterocycles. The van der Waals surface area contributed by atoms with E-state index in [1.807, 2.05) is 0 Å². The molecule has 5 heteroatoms. The number of nitrogens with one attached hydrogen (secondary N) is 1. The maximum absolute atomic E-state index is 14.0. The molecule has 96 valence electrons. The monoisotopic (exact) mass is 271 g/mol. The summed E-state index contributed by atoms with van der Waals surface area (Å²) >= 11 is 5.68. The fourth-order valence-electron chi connectivity index (χ4n) is 1.86. The Hall–Kier alpha value is -1.39. The lowest BCUT2D eigenvalue weighted by Gasteiger charge is -2.16. The Labute approximate surface area is 109 Å². The molecule has 2 nitrogen and oxygen atoms in total. The fraction of sp³-hybridized carbons (Fsp3) is 0.231. The number of rotatable bonds is 3. The predicted molar refractivity (Wildman–Crippen MR) is 65.7 cm³/mol. The lowest BCUT2D eigenvalue weighted by Crippen LogP contribution is -2.20. The quantitative estimate of drug-likeness (QED) is 0.918. The van der Waals surface area contributed by atoms with Gasteiger partial charge in [-0.05, 0) is 49.3 Å². The molecule has 0 bridgehead atoms. The van der Waals surface area contributed by atoms with E-state index >= 15 is 0 Å². The van der Waals surface area contributed by atoms with Gasteiger partial charge in [-0.15, -0.1) is 0 Å². The van der Waals surface area contributed by atoms with Crippen molar-refractivity contribution in [1.29, 1.82) is 0 Å². The zero-order valence-corrected chi connectivity index (χ0v) is 10.7. The van der Waals surface area contributed by atoms with E-state index in [9.17, 15) is 8.78 Å². The summed E-state index contributed by atoms with van der Waals surface area (Å²) in [5.74, 6) is -0.835. The third kappa shape index (κ3) is 2.26. The summed E-state index contributed by atoms with van der Waals surface area (Å²) in [7, 11) is 1.60. The molecule has 18 heavy (non-hydrogen) atoms. The van der Waals surface area contributed by atoms with E-state index in [1.54, 1.807) is 20.0 Å². The SMILES string of the molecule is CNC(c1ccc(Cl)o1)c1c(F)ccc(C)c1F. The minimum absolute atomic E-state index is 0.0662. The molecule has 0 spiro atoms. The molecule has 0 saturated heterocycles. The number of hydrogen-bond donors (Lipinski definition) is 1. The van der Waals surface area contributed by atoms with Crippen LogP contribution in [-0.2, 0) is 0 Å². The van der Waals surface area contributed by atoms with E-state index in [1.165, 1.54) is 18.2 Å². The molecular formula is C13H12ClF2NO. The smallest absolute Gasteiger partial charge is 0.193 e. The van der Waals surface area contributed by atoms with Crippen molar-refractivity contribution >= 4 is 11.6 Å². The van der Waals surface area contributed by atoms with Crippen LogP contribution in [0.1, 0.15) is 22.9 Å². The first-order valence-electron chi connectivity index (χ1n) is 5.41. The van der Waals surface area contributed by atoms with Crippen LogP contribution in [0.2, 0.25) is 5.22 Å². The van der Waals surface area contributed by atoms with Crippen LogP contribution in [0.3, 0.4) is 0 Å². The van der Waals surface area contributed by atoms with Gasteiger partial charge in [0.25, 0.3) is 0 Å². The molecule has 0 amide bonds. The lowest BCUT2D eigenvalue weighted by atomic mass is 10.0. The Kier molecular flexibility index (Phi) is 3.68. The van der Waals surface area contributed by atoms with Crippen molar-refractivity contribution in [2.45, 2.75) is 13.0 Å². The molecule has 1 aromatic heterocycles. The number of hydrogen-bond acceptors (Lipinski definition) is 2. The van der Waals surface area contributed by atoms with Crippen LogP contribution in [0, 0.1) is 18.6 Å². The summed E-state index contributed by atoms with van der Waals surface area (Å²) in [6.07, 6.45) is 0. The van der Waals surface area contributed by atoms with Gasteiger partial charge in [-0.25, -0.2) is 8.78 Å². The summed E-state index contributed by atoms with van der Waals surface area (Å²) in [6.45, 7) is 1.58. The number of halogens is 3. The van der Waals surface area contributed by atoms with Crippen molar-refractivity contribution in [3.63, 3.8) is 0 Å². The van der Waals surface area contributed by atoms with Crippen LogP contribution in [0.5, 0.6) is 0 Å². The molecule has 1 unspecified atom stereocenters. The lowest BCUT2D eigenvalue weighted by molar-refractivity contribution is 0.438. The van der Waals surface area contributed by atoms with Gasteiger partial charge < -0.3 is 9.73 Å². The number of aryl methyl sites for hydroxylation is 1. The van der Waals surface area contributed by atoms with Crippen molar-refractivity contribution in [3.05, 3.63) is 58.0 Å². The van der Waals surface area contributed by atoms with Crippen molar-refractivity contribution in [2.75, 3.05) is 7.05 Å². The van der Waals surface area contributed by atoms with Gasteiger partial charge in [-0.1, -0.05) is 6.07 Å². The van der Waals surface area contributed by atoms with E-state index in [0.29, 0.717) is 11.3 Å². The zero-order chi connectivity index (χ0) is 13.3. The highest BCUT2D eigenvalue weighted by molar-refractivity contribution is 6.28. The standard InChI is InChI=1S/C13H12ClF2NO/c1-7-3-4-8(15)11(12(7)16)13(17-2)9-5-6-10(14)18-9/h3-6,13,17H,1-2H3. The highest BCUT2D eigenvalue weighted by Gasteiger charge is 2.24. The van der Waals surface area contributed by atoms with E-state index in [2.05, 4.69) is 5.32 Å². The molecule has 0 saturated carbocycles. The van der Waals surface area contributed by atoms with Crippen molar-refractivity contribution in [3.8, 4) is 0 Å². The fourth-order valence-corrected chi connectivity index (χ4v) is 2.01. The summed E-state index contributed by atoms with van der Waals surface area (Å²) in [5, 5.41) is 3.00. The van der Waals surface area contributed by atoms with Crippen LogP contribution in [0.4, 0.5) is 8.78 Å². The number of benzene rings is 1. The van der Waals surface area contributed by atoms with Gasteiger partial charge in [0.2, 0.25) is 0 Å². The topological polar surface area (TPSA) is 25.2 Å². The highest BCUT2D eigenvalue weighted by atomic mass is 35.5. The zero-order valence-electron chi connectivity index (χ0n) is 9.93. The van der Waals surface area contributed by atoms with Gasteiger partial charge in [0.05, 0.1) is 6.04 Å². The molecule has 2 rings (SSSR count). The Morgan fingerprint density at radius 1 is 1.22 bits per heavy atom. The molecule has 1 atom stereocenters. The van der Waals surface area contributed by atoms with Crippen LogP contribution in [0.15, 0.2) is 28.7 Å². The highest BCUT2D eigenvalue weighted by Crippen LogP contribution is 2.30. The third-order valence-corrected chi connectivity index (χ3v) is 2.98. The van der Waals surface area contributed by atoms with Gasteiger partial charge in [-0.3, -0.25) is 0 Å². The second-order valence-electron chi connectivity index (χ2n) is 3.96. The number of furan rings is 1. The average molecular weight is 272 g/mol. The largest absolute Gasteiger partial charge is 0.448 e. The summed E-state index contributed by atoms with van der Waals surface area (Å²) in [6, 6.07) is 5.05. The van der Waals surface area contributed by atoms with E-state index in [4.69, 9.17) is 16.0 Å². The second kappa shape index (κ2) is 5.08. The Balaban J connectivity index is 2.55. The second-order valence-corrected chi connectivity index (χ2v) is 4.33. The molecule has 1 heterocycles. The van der Waals surface area contributed by atoms with Crippen molar-refractivity contribution in [2.24, 2.45) is 0 Å². The van der Waals surface area contributed by atoms with Gasteiger partial charge in [-0.2, -0.15) is 0 Å². The summed E-state index contributed by atoms with van der Waals surface area (Å²) in [4.78, 5) is 0. The predicted octanol–water partition coefficient (Wildman–Crippen LogP) is 3.83. The first-order valence-corrected chi connectivity index (χ1v) is 5.79. The average Bonchev–Trinajstić information content (AvgIpc) is 2.76. The van der Waals surface area contributed by atoms with Crippen LogP contribution in [-0.4, -0.2) is 7.05 Å². The van der Waals surface area contributed by atoms with Crippen LogP contribution >= 0.6 is 11.6 Å². The van der Waals surface area contributed by atoms with Gasteiger partial charge in [0.1, 0.15) is 17.4 Å². The minimum Gasteiger partial charge on any atom is -0.448 e. The third-order valence-electron chi connectivity index (χ3n) is 2.78. The van der Waals surface area contributed by atoms with E-state index in [0.717, 1.165) is 0 Å². The molecule has 2 aromatic rings. The molecule has 0 aliphatic carbocycles. The Bertz CT molecular complexity index is 568. The normalized spacial score (nSPS) is 12.7. The Morgan fingerprint density at radius 3 is 2.50 bits per heavy atom. The molecule has 0 fully saturated rings. The van der Waals surface area contributed by atoms with E-state index in [-0.39, 0.29) is 10.8 Å². The van der Waals surface area contributed by atoms with Gasteiger partial charge >= 0.3 is 0 Å². The summed E-state index contributed by atoms with van der Waals surface area (Å²) in [5.41, 5.74) is 0.313. The van der Waals surface area contributed by atoms with Crippen molar-refractivity contribution in [1.82, 2.24) is 5.32 Å². The molecule has 1 N–H and O–H groups in total. The first kappa shape index (κ1) is 13.1. The van der Waals surface area contributed by atoms with E-state index < -0.39 is 17.7 Å². The Morgan fingerprint density at radius 2 is 1.94 bits per heavy atom. The van der Waals surface area contributed by atoms with Crippen LogP contribution in [0.25, 0.3) is 0 Å². The van der Waals surface area contributed by atoms with Gasteiger partial charge in [0, 0.05) is 5.56 Å². The molecule has 1 aromatic carbocycles. The maximum Gasteiger partial charge on any atom is 0.193 e. The van der Waals surface area contributed by atoms with Gasteiger partial charge in [0.15, 0.2) is 5.22 Å². The maximum atomic E-state index is 14.0. The minimum atomic E-state index is -0.711. The molecule has 0 aliphatic rings. The van der Waals surface area contributed by atoms with Crippen LogP contribution < -0.4 is 5.32 Å². The molecular weight excluding hydrogens is 260 g/mol. The summed E-state index contributed by atoms with van der Waals surface area (Å²) < 4.78 is 33.1. The molecule has 0 radical (unpaired) electrons.